The molecule has 0 bridgehead atoms. The largest absolute Gasteiger partial charge is 0.483 e. The molecule has 2 aromatic rings. The van der Waals surface area contributed by atoms with Gasteiger partial charge in [-0.25, -0.2) is 9.97 Å². The van der Waals surface area contributed by atoms with E-state index in [9.17, 15) is 4.79 Å². The monoisotopic (exact) mass is 385 g/mol. The number of nitrogens with one attached hydrogen (secondary N) is 2. The van der Waals surface area contributed by atoms with Gasteiger partial charge in [0.05, 0.1) is 6.04 Å². The second-order valence-electron chi connectivity index (χ2n) is 6.83. The summed E-state index contributed by atoms with van der Waals surface area (Å²) in [4.78, 5) is 31.4. The molecule has 1 unspecified atom stereocenters. The summed E-state index contributed by atoms with van der Waals surface area (Å²) in [6.07, 6.45) is 0.751. The molecule has 0 aliphatic carbocycles. The van der Waals surface area contributed by atoms with Crippen LogP contribution in [0.3, 0.4) is 0 Å². The zero-order valence-corrected chi connectivity index (χ0v) is 16.7. The van der Waals surface area contributed by atoms with Crippen molar-refractivity contribution in [2.24, 2.45) is 0 Å². The molecule has 8 heteroatoms. The van der Waals surface area contributed by atoms with E-state index in [2.05, 4.69) is 70.8 Å². The van der Waals surface area contributed by atoms with Crippen molar-refractivity contribution in [1.82, 2.24) is 20.2 Å². The lowest BCUT2D eigenvalue weighted by molar-refractivity contribution is -0.122. The van der Waals surface area contributed by atoms with Crippen molar-refractivity contribution in [2.75, 3.05) is 32.5 Å². The number of benzene rings is 1. The lowest BCUT2D eigenvalue weighted by Gasteiger charge is -2.27. The second kappa shape index (κ2) is 9.80. The summed E-state index contributed by atoms with van der Waals surface area (Å²) in [5, 5.41) is 13.2. The van der Waals surface area contributed by atoms with Gasteiger partial charge < -0.3 is 20.6 Å². The molecule has 1 aliphatic heterocycles. The molecule has 1 amide bonds. The fourth-order valence-electron chi connectivity index (χ4n) is 3.13. The molecule has 8 nitrogen and oxygen atoms in total. The molecule has 0 saturated heterocycles. The molecular weight excluding hydrogens is 358 g/mol. The smallest absolute Gasteiger partial charge is 0.290 e. The van der Waals surface area contributed by atoms with E-state index in [4.69, 9.17) is 9.90 Å². The lowest BCUT2D eigenvalue weighted by Crippen LogP contribution is -2.34. The van der Waals surface area contributed by atoms with Crippen LogP contribution in [-0.2, 0) is 11.2 Å². The minimum absolute atomic E-state index is 0.113. The van der Waals surface area contributed by atoms with E-state index in [0.717, 1.165) is 17.8 Å². The van der Waals surface area contributed by atoms with E-state index in [1.165, 1.54) is 11.1 Å². The Labute approximate surface area is 165 Å². The third kappa shape index (κ3) is 5.26. The first-order chi connectivity index (χ1) is 13.4. The maximum absolute atomic E-state index is 12.1. The molecule has 0 spiro atoms. The highest BCUT2D eigenvalue weighted by molar-refractivity contribution is 5.95. The summed E-state index contributed by atoms with van der Waals surface area (Å²) < 4.78 is 0. The van der Waals surface area contributed by atoms with Gasteiger partial charge in [-0.3, -0.25) is 9.59 Å². The number of carbonyl (C=O) groups is 2. The van der Waals surface area contributed by atoms with E-state index in [1.54, 1.807) is 0 Å². The van der Waals surface area contributed by atoms with E-state index in [0.29, 0.717) is 24.6 Å². The molecule has 1 aliphatic rings. The first kappa shape index (κ1) is 21.3. The third-order valence-corrected chi connectivity index (χ3v) is 4.54. The number of aromatic nitrogens is 2. The minimum atomic E-state index is -0.250. The van der Waals surface area contributed by atoms with Crippen molar-refractivity contribution in [1.29, 1.82) is 0 Å². The molecule has 28 heavy (non-hydrogen) atoms. The Morgan fingerprint density at radius 3 is 2.50 bits per heavy atom. The van der Waals surface area contributed by atoms with Crippen LogP contribution in [-0.4, -0.2) is 59.5 Å². The number of anilines is 1. The Hall–Kier alpha value is -3.00. The maximum atomic E-state index is 12.1. The first-order valence-electron chi connectivity index (χ1n) is 9.07. The normalized spacial score (nSPS) is 13.7. The lowest BCUT2D eigenvalue weighted by atomic mass is 10.0. The highest BCUT2D eigenvalue weighted by Crippen LogP contribution is 2.23. The number of nitrogens with zero attached hydrogens (tertiary/aromatic N) is 3. The van der Waals surface area contributed by atoms with Crippen molar-refractivity contribution >= 4 is 18.2 Å². The van der Waals surface area contributed by atoms with Crippen LogP contribution < -0.4 is 10.6 Å². The molecular formula is C20H27N5O3. The van der Waals surface area contributed by atoms with E-state index >= 15 is 0 Å². The zero-order valence-electron chi connectivity index (χ0n) is 16.7. The summed E-state index contributed by atoms with van der Waals surface area (Å²) in [7, 11) is 4.14. The highest BCUT2D eigenvalue weighted by atomic mass is 16.3. The Balaban J connectivity index is 0.000000878. The number of carboxylic acid groups (broad SMARTS) is 1. The van der Waals surface area contributed by atoms with Crippen LogP contribution in [0.2, 0.25) is 0 Å². The Morgan fingerprint density at radius 2 is 1.89 bits per heavy atom. The quantitative estimate of drug-likeness (QED) is 0.674. The Bertz CT molecular complexity index is 821. The predicted octanol–water partition coefficient (Wildman–Crippen LogP) is 1.79. The van der Waals surface area contributed by atoms with Gasteiger partial charge in [-0.05, 0) is 39.9 Å². The van der Waals surface area contributed by atoms with Crippen molar-refractivity contribution in [3.8, 4) is 0 Å². The van der Waals surface area contributed by atoms with Crippen molar-refractivity contribution in [3.63, 3.8) is 0 Å². The minimum Gasteiger partial charge on any atom is -0.483 e. The molecule has 1 atom stereocenters. The number of carbonyl (C=O) groups excluding carboxylic acids is 1. The van der Waals surface area contributed by atoms with Crippen LogP contribution in [0.5, 0.6) is 0 Å². The summed E-state index contributed by atoms with van der Waals surface area (Å²) in [5.41, 5.74) is 3.91. The topological polar surface area (TPSA) is 107 Å². The average Bonchev–Trinajstić information content (AvgIpc) is 2.64. The van der Waals surface area contributed by atoms with Crippen LogP contribution in [0.4, 0.5) is 5.82 Å². The maximum Gasteiger partial charge on any atom is 0.290 e. The van der Waals surface area contributed by atoms with Crippen molar-refractivity contribution in [2.45, 2.75) is 26.3 Å². The fraction of sp³-hybridized carbons (Fsp3) is 0.400. The first-order valence-corrected chi connectivity index (χ1v) is 9.07. The number of hydrogen-bond acceptors (Lipinski definition) is 6. The molecule has 0 fully saturated rings. The Morgan fingerprint density at radius 1 is 1.25 bits per heavy atom. The van der Waals surface area contributed by atoms with Crippen molar-refractivity contribution in [3.05, 3.63) is 52.5 Å². The SMILES string of the molecule is Cc1ccc(C(CNc2nc(C)nc3c2CCNC3=O)N(C)C)cc1.O=CO. The zero-order chi connectivity index (χ0) is 20.7. The average molecular weight is 385 g/mol. The van der Waals surface area contributed by atoms with E-state index in [-0.39, 0.29) is 18.4 Å². The third-order valence-electron chi connectivity index (χ3n) is 4.54. The summed E-state index contributed by atoms with van der Waals surface area (Å²) in [6.45, 7) is 4.99. The van der Waals surface area contributed by atoms with Crippen LogP contribution >= 0.6 is 0 Å². The summed E-state index contributed by atoms with van der Waals surface area (Å²) in [6, 6.07) is 8.80. The molecule has 3 rings (SSSR count). The molecule has 3 N–H and O–H groups in total. The predicted molar refractivity (Wildman–Crippen MR) is 108 cm³/mol. The van der Waals surface area contributed by atoms with Gasteiger partial charge in [-0.1, -0.05) is 29.8 Å². The summed E-state index contributed by atoms with van der Waals surface area (Å²) in [5.74, 6) is 1.27. The van der Waals surface area contributed by atoms with Crippen LogP contribution in [0.1, 0.15) is 39.0 Å². The van der Waals surface area contributed by atoms with Gasteiger partial charge in [0.2, 0.25) is 0 Å². The molecule has 1 aromatic carbocycles. The van der Waals surface area contributed by atoms with Gasteiger partial charge in [0, 0.05) is 18.7 Å². The number of amides is 1. The number of likely N-dealkylation sites (N-methyl/N-ethyl adjacent to an activating group) is 1. The molecule has 0 radical (unpaired) electrons. The van der Waals surface area contributed by atoms with Gasteiger partial charge in [0.15, 0.2) is 0 Å². The van der Waals surface area contributed by atoms with Crippen LogP contribution in [0.15, 0.2) is 24.3 Å². The van der Waals surface area contributed by atoms with Gasteiger partial charge in [-0.15, -0.1) is 0 Å². The van der Waals surface area contributed by atoms with Gasteiger partial charge >= 0.3 is 0 Å². The van der Waals surface area contributed by atoms with Gasteiger partial charge in [0.1, 0.15) is 17.3 Å². The van der Waals surface area contributed by atoms with Crippen molar-refractivity contribution < 1.29 is 14.7 Å². The summed E-state index contributed by atoms with van der Waals surface area (Å²) >= 11 is 0. The van der Waals surface area contributed by atoms with Crippen LogP contribution in [0.25, 0.3) is 0 Å². The van der Waals surface area contributed by atoms with Gasteiger partial charge in [0.25, 0.3) is 12.4 Å². The van der Waals surface area contributed by atoms with E-state index < -0.39 is 0 Å². The van der Waals surface area contributed by atoms with E-state index in [1.807, 2.05) is 6.92 Å². The standard InChI is InChI=1S/C19H25N5O.CH2O2/c1-12-5-7-14(8-6-12)16(24(3)4)11-21-18-15-9-10-20-19(25)17(15)22-13(2)23-18;2-1-3/h5-8,16H,9-11H2,1-4H3,(H,20,25)(H,21,22,23);1H,(H,2,3). The Kier molecular flexibility index (Phi) is 7.45. The van der Waals surface area contributed by atoms with Gasteiger partial charge in [-0.2, -0.15) is 0 Å². The highest BCUT2D eigenvalue weighted by Gasteiger charge is 2.23. The number of fused-ring (bicyclic) bond motifs is 1. The second-order valence-corrected chi connectivity index (χ2v) is 6.83. The fourth-order valence-corrected chi connectivity index (χ4v) is 3.13. The molecule has 150 valence electrons. The number of aryl methyl sites for hydroxylation is 2. The molecule has 0 saturated carbocycles. The molecule has 2 heterocycles. The molecule has 1 aromatic heterocycles. The number of hydrogen-bond donors (Lipinski definition) is 3. The number of rotatable bonds is 5. The van der Waals surface area contributed by atoms with Crippen LogP contribution in [0, 0.1) is 13.8 Å².